The van der Waals surface area contributed by atoms with Crippen LogP contribution in [-0.4, -0.2) is 16.4 Å². The van der Waals surface area contributed by atoms with Crippen molar-refractivity contribution in [1.82, 2.24) is 9.78 Å². The molecule has 0 aliphatic rings. The van der Waals surface area contributed by atoms with Gasteiger partial charge in [-0.3, -0.25) is 4.68 Å². The first kappa shape index (κ1) is 15.4. The van der Waals surface area contributed by atoms with Crippen LogP contribution in [0.2, 0.25) is 0 Å². The van der Waals surface area contributed by atoms with Crippen LogP contribution >= 0.6 is 0 Å². The van der Waals surface area contributed by atoms with Gasteiger partial charge in [0.15, 0.2) is 0 Å². The summed E-state index contributed by atoms with van der Waals surface area (Å²) in [4.78, 5) is 0. The molecule has 1 aromatic carbocycles. The van der Waals surface area contributed by atoms with Gasteiger partial charge in [0, 0.05) is 24.4 Å². The Kier molecular flexibility index (Phi) is 4.50. The molecule has 1 atom stereocenters. The van der Waals surface area contributed by atoms with Gasteiger partial charge in [0.1, 0.15) is 11.6 Å². The summed E-state index contributed by atoms with van der Waals surface area (Å²) >= 11 is 0. The van der Waals surface area contributed by atoms with Gasteiger partial charge in [-0.05, 0) is 39.8 Å². The van der Waals surface area contributed by atoms with Crippen LogP contribution in [0.25, 0.3) is 0 Å². The molecule has 2 rings (SSSR count). The van der Waals surface area contributed by atoms with Gasteiger partial charge in [0.25, 0.3) is 0 Å². The molecule has 0 fully saturated rings. The van der Waals surface area contributed by atoms with E-state index in [0.29, 0.717) is 12.4 Å². The lowest BCUT2D eigenvalue weighted by Crippen LogP contribution is -2.10. The molecule has 21 heavy (non-hydrogen) atoms. The first-order valence-corrected chi connectivity index (χ1v) is 7.13. The van der Waals surface area contributed by atoms with Crippen molar-refractivity contribution in [1.29, 1.82) is 0 Å². The molecule has 0 spiro atoms. The van der Waals surface area contributed by atoms with Crippen molar-refractivity contribution in [3.8, 4) is 5.75 Å². The second-order valence-electron chi connectivity index (χ2n) is 5.15. The third-order valence-corrected chi connectivity index (χ3v) is 3.61. The lowest BCUT2D eigenvalue weighted by Gasteiger charge is -2.19. The van der Waals surface area contributed by atoms with E-state index in [1.165, 1.54) is 12.1 Å². The van der Waals surface area contributed by atoms with Gasteiger partial charge in [0.05, 0.1) is 24.0 Å². The number of benzene rings is 1. The van der Waals surface area contributed by atoms with E-state index in [1.54, 1.807) is 6.07 Å². The highest BCUT2D eigenvalue weighted by Crippen LogP contribution is 2.31. The first-order valence-electron chi connectivity index (χ1n) is 7.13. The number of nitrogens with zero attached hydrogens (tertiary/aromatic N) is 2. The molecule has 1 aromatic heterocycles. The van der Waals surface area contributed by atoms with Crippen LogP contribution in [-0.2, 0) is 7.05 Å². The summed E-state index contributed by atoms with van der Waals surface area (Å²) in [5, 5.41) is 7.82. The maximum atomic E-state index is 13.3. The Hall–Kier alpha value is -2.04. The van der Waals surface area contributed by atoms with Gasteiger partial charge in [-0.1, -0.05) is 0 Å². The Morgan fingerprint density at radius 2 is 2.10 bits per heavy atom. The van der Waals surface area contributed by atoms with Gasteiger partial charge < -0.3 is 10.1 Å². The Morgan fingerprint density at radius 3 is 2.67 bits per heavy atom. The van der Waals surface area contributed by atoms with Crippen molar-refractivity contribution in [3.63, 3.8) is 0 Å². The van der Waals surface area contributed by atoms with Crippen molar-refractivity contribution in [2.24, 2.45) is 7.05 Å². The zero-order valence-corrected chi connectivity index (χ0v) is 13.2. The number of nitrogens with one attached hydrogen (secondary N) is 1. The van der Waals surface area contributed by atoms with E-state index in [0.717, 1.165) is 22.6 Å². The predicted octanol–water partition coefficient (Wildman–Crippen LogP) is 3.75. The van der Waals surface area contributed by atoms with Gasteiger partial charge in [-0.2, -0.15) is 5.10 Å². The topological polar surface area (TPSA) is 39.1 Å². The molecule has 5 heteroatoms. The van der Waals surface area contributed by atoms with E-state index in [1.807, 2.05) is 32.5 Å². The van der Waals surface area contributed by atoms with E-state index in [4.69, 9.17) is 4.74 Å². The number of halogens is 1. The van der Waals surface area contributed by atoms with Crippen LogP contribution < -0.4 is 10.1 Å². The van der Waals surface area contributed by atoms with Crippen LogP contribution in [0.5, 0.6) is 5.75 Å². The fraction of sp³-hybridized carbons (Fsp3) is 0.438. The Bertz CT molecular complexity index is 637. The summed E-state index contributed by atoms with van der Waals surface area (Å²) in [7, 11) is 1.93. The smallest absolute Gasteiger partial charge is 0.145 e. The Balaban J connectivity index is 2.29. The highest BCUT2D eigenvalue weighted by atomic mass is 19.1. The number of aryl methyl sites for hydroxylation is 2. The molecule has 1 unspecified atom stereocenters. The summed E-state index contributed by atoms with van der Waals surface area (Å²) in [6, 6.07) is 4.60. The average molecular weight is 291 g/mol. The largest absolute Gasteiger partial charge is 0.492 e. The maximum Gasteiger partial charge on any atom is 0.145 e. The molecule has 1 N–H and O–H groups in total. The standard InChI is InChI=1S/C16H22FN3O/c1-6-21-15-9-13(17)7-8-14(15)18-10(2)16-11(3)19-20(5)12(16)4/h7-10,18H,6H2,1-5H3. The lowest BCUT2D eigenvalue weighted by molar-refractivity contribution is 0.339. The quantitative estimate of drug-likeness (QED) is 0.912. The molecule has 0 saturated carbocycles. The van der Waals surface area contributed by atoms with Crippen LogP contribution in [0, 0.1) is 19.7 Å². The average Bonchev–Trinajstić information content (AvgIpc) is 2.67. The zero-order chi connectivity index (χ0) is 15.6. The van der Waals surface area contributed by atoms with Gasteiger partial charge >= 0.3 is 0 Å². The zero-order valence-electron chi connectivity index (χ0n) is 13.2. The van der Waals surface area contributed by atoms with Crippen molar-refractivity contribution < 1.29 is 9.13 Å². The van der Waals surface area contributed by atoms with Gasteiger partial charge in [0.2, 0.25) is 0 Å². The number of aromatic nitrogens is 2. The summed E-state index contributed by atoms with van der Waals surface area (Å²) < 4.78 is 20.7. The molecule has 0 bridgehead atoms. The summed E-state index contributed by atoms with van der Waals surface area (Å²) in [6.07, 6.45) is 0. The monoisotopic (exact) mass is 291 g/mol. The molecule has 0 radical (unpaired) electrons. The SMILES string of the molecule is CCOc1cc(F)ccc1NC(C)c1c(C)nn(C)c1C. The van der Waals surface area contributed by atoms with E-state index < -0.39 is 0 Å². The van der Waals surface area contributed by atoms with Crippen LogP contribution in [0.4, 0.5) is 10.1 Å². The summed E-state index contributed by atoms with van der Waals surface area (Å²) in [6.45, 7) is 8.48. The lowest BCUT2D eigenvalue weighted by atomic mass is 10.1. The van der Waals surface area contributed by atoms with Crippen LogP contribution in [0.3, 0.4) is 0 Å². The number of hydrogen-bond donors (Lipinski definition) is 1. The minimum atomic E-state index is -0.301. The molecule has 0 aliphatic carbocycles. The maximum absolute atomic E-state index is 13.3. The fourth-order valence-corrected chi connectivity index (χ4v) is 2.61. The second kappa shape index (κ2) is 6.16. The third kappa shape index (κ3) is 3.17. The number of rotatable bonds is 5. The van der Waals surface area contributed by atoms with E-state index in [2.05, 4.69) is 17.3 Å². The van der Waals surface area contributed by atoms with Gasteiger partial charge in [-0.25, -0.2) is 4.39 Å². The minimum absolute atomic E-state index is 0.0587. The predicted molar refractivity (Wildman–Crippen MR) is 82.3 cm³/mol. The molecule has 0 saturated heterocycles. The van der Waals surface area contributed by atoms with Crippen molar-refractivity contribution in [3.05, 3.63) is 41.0 Å². The molecule has 1 heterocycles. The van der Waals surface area contributed by atoms with Gasteiger partial charge in [-0.15, -0.1) is 0 Å². The Morgan fingerprint density at radius 1 is 1.38 bits per heavy atom. The number of ether oxygens (including phenoxy) is 1. The molecular weight excluding hydrogens is 269 g/mol. The number of anilines is 1. The normalized spacial score (nSPS) is 12.3. The van der Waals surface area contributed by atoms with Crippen molar-refractivity contribution in [2.45, 2.75) is 33.7 Å². The van der Waals surface area contributed by atoms with E-state index in [-0.39, 0.29) is 11.9 Å². The third-order valence-electron chi connectivity index (χ3n) is 3.61. The fourth-order valence-electron chi connectivity index (χ4n) is 2.61. The van der Waals surface area contributed by atoms with E-state index in [9.17, 15) is 4.39 Å². The first-order chi connectivity index (χ1) is 9.93. The van der Waals surface area contributed by atoms with E-state index >= 15 is 0 Å². The van der Waals surface area contributed by atoms with Crippen LogP contribution in [0.1, 0.15) is 36.8 Å². The highest BCUT2D eigenvalue weighted by Gasteiger charge is 2.17. The Labute approximate surface area is 124 Å². The minimum Gasteiger partial charge on any atom is -0.492 e. The summed E-state index contributed by atoms with van der Waals surface area (Å²) in [5.41, 5.74) is 4.06. The molecule has 114 valence electrons. The molecule has 4 nitrogen and oxygen atoms in total. The molecule has 0 amide bonds. The highest BCUT2D eigenvalue weighted by molar-refractivity contribution is 5.58. The van der Waals surface area contributed by atoms with Crippen LogP contribution in [0.15, 0.2) is 18.2 Å². The second-order valence-corrected chi connectivity index (χ2v) is 5.15. The molecular formula is C16H22FN3O. The molecule has 0 aliphatic heterocycles. The van der Waals surface area contributed by atoms with Crippen molar-refractivity contribution in [2.75, 3.05) is 11.9 Å². The number of hydrogen-bond acceptors (Lipinski definition) is 3. The van der Waals surface area contributed by atoms with Crippen molar-refractivity contribution >= 4 is 5.69 Å². The summed E-state index contributed by atoms with van der Waals surface area (Å²) in [5.74, 6) is 0.230. The molecule has 2 aromatic rings.